The normalized spacial score (nSPS) is 12.7. The van der Waals surface area contributed by atoms with Crippen molar-refractivity contribution in [3.05, 3.63) is 72.9 Å². The van der Waals surface area contributed by atoms with E-state index in [0.717, 1.165) is 96.3 Å². The second-order valence-corrected chi connectivity index (χ2v) is 15.7. The molecule has 0 aliphatic heterocycles. The summed E-state index contributed by atoms with van der Waals surface area (Å²) in [6.07, 6.45) is 57.4. The number of carbonyl (C=O) groups excluding carboxylic acids is 3. The quantitative estimate of drug-likeness (QED) is 0.0201. The van der Waals surface area contributed by atoms with Crippen LogP contribution in [0.15, 0.2) is 72.9 Å². The van der Waals surface area contributed by atoms with Gasteiger partial charge in [-0.1, -0.05) is 171 Å². The first-order chi connectivity index (χ1) is 28.5. The maximum Gasteiger partial charge on any atom is 0.306 e. The molecule has 0 heterocycles. The highest BCUT2D eigenvalue weighted by Crippen LogP contribution is 2.13. The standard InChI is InChI=1S/C52H88O6/c1-4-7-10-13-16-19-22-25-26-28-30-33-36-39-42-45-51(54)57-48-49(47-56-50(53)44-41-38-35-32-29-24-21-18-15-12-9-6-3)58-52(55)46-43-40-37-34-31-27-23-20-17-14-11-8-5-2/h9,12,16,18-19,21-22,25,27,29,31-32,49H,4-8,10-11,13-15,17,20,23-24,26,28,30,33-48H2,1-3H3/b12-9-,19-16-,21-18-,25-22-,31-27-,32-29-. The van der Waals surface area contributed by atoms with Crippen molar-refractivity contribution in [2.45, 2.75) is 226 Å². The average Bonchev–Trinajstić information content (AvgIpc) is 3.22. The lowest BCUT2D eigenvalue weighted by molar-refractivity contribution is -0.167. The van der Waals surface area contributed by atoms with Crippen LogP contribution in [0, 0.1) is 0 Å². The number of allylic oxidation sites excluding steroid dienone is 12. The van der Waals surface area contributed by atoms with Gasteiger partial charge in [-0.05, 0) is 103 Å². The fraction of sp³-hybridized carbons (Fsp3) is 0.712. The Morgan fingerprint density at radius 1 is 0.379 bits per heavy atom. The maximum atomic E-state index is 12.7. The summed E-state index contributed by atoms with van der Waals surface area (Å²) in [5, 5.41) is 0. The molecule has 0 saturated carbocycles. The first-order valence-electron chi connectivity index (χ1n) is 24.0. The molecule has 0 aliphatic carbocycles. The Balaban J connectivity index is 4.47. The molecule has 1 atom stereocenters. The van der Waals surface area contributed by atoms with Gasteiger partial charge in [-0.2, -0.15) is 0 Å². The van der Waals surface area contributed by atoms with Gasteiger partial charge >= 0.3 is 17.9 Å². The molecule has 1 unspecified atom stereocenters. The molecule has 0 aromatic carbocycles. The molecule has 0 amide bonds. The van der Waals surface area contributed by atoms with Crippen LogP contribution in [0.5, 0.6) is 0 Å². The van der Waals surface area contributed by atoms with Gasteiger partial charge in [0.05, 0.1) is 0 Å². The van der Waals surface area contributed by atoms with Crippen LogP contribution in [0.2, 0.25) is 0 Å². The van der Waals surface area contributed by atoms with Crippen LogP contribution in [-0.2, 0) is 28.6 Å². The molecule has 6 nitrogen and oxygen atoms in total. The smallest absolute Gasteiger partial charge is 0.306 e. The largest absolute Gasteiger partial charge is 0.462 e. The topological polar surface area (TPSA) is 78.9 Å². The summed E-state index contributed by atoms with van der Waals surface area (Å²) in [7, 11) is 0. The van der Waals surface area contributed by atoms with Crippen molar-refractivity contribution in [1.82, 2.24) is 0 Å². The molecule has 0 rings (SSSR count). The Labute approximate surface area is 357 Å². The van der Waals surface area contributed by atoms with E-state index in [0.29, 0.717) is 19.3 Å². The van der Waals surface area contributed by atoms with Crippen LogP contribution < -0.4 is 0 Å². The maximum absolute atomic E-state index is 12.7. The van der Waals surface area contributed by atoms with Crippen molar-refractivity contribution in [1.29, 1.82) is 0 Å². The molecule has 6 heteroatoms. The minimum Gasteiger partial charge on any atom is -0.462 e. The third-order valence-electron chi connectivity index (χ3n) is 9.94. The van der Waals surface area contributed by atoms with Gasteiger partial charge in [0.15, 0.2) is 6.10 Å². The van der Waals surface area contributed by atoms with Crippen molar-refractivity contribution in [2.24, 2.45) is 0 Å². The number of ether oxygens (including phenoxy) is 3. The predicted octanol–water partition coefficient (Wildman–Crippen LogP) is 15.5. The lowest BCUT2D eigenvalue weighted by atomic mass is 10.1. The number of hydrogen-bond donors (Lipinski definition) is 0. The van der Waals surface area contributed by atoms with E-state index in [9.17, 15) is 14.4 Å². The Morgan fingerprint density at radius 3 is 1.26 bits per heavy atom. The summed E-state index contributed by atoms with van der Waals surface area (Å²) in [5.41, 5.74) is 0. The van der Waals surface area contributed by atoms with Crippen molar-refractivity contribution < 1.29 is 28.6 Å². The van der Waals surface area contributed by atoms with Crippen LogP contribution >= 0.6 is 0 Å². The van der Waals surface area contributed by atoms with Crippen molar-refractivity contribution in [2.75, 3.05) is 13.2 Å². The molecule has 332 valence electrons. The minimum atomic E-state index is -0.802. The third-order valence-corrected chi connectivity index (χ3v) is 9.94. The van der Waals surface area contributed by atoms with E-state index < -0.39 is 6.10 Å². The predicted molar refractivity (Wildman–Crippen MR) is 247 cm³/mol. The van der Waals surface area contributed by atoms with Crippen LogP contribution in [0.4, 0.5) is 0 Å². The monoisotopic (exact) mass is 809 g/mol. The molecule has 0 aliphatic rings. The molecule has 0 fully saturated rings. The number of carbonyl (C=O) groups is 3. The fourth-order valence-electron chi connectivity index (χ4n) is 6.32. The second-order valence-electron chi connectivity index (χ2n) is 15.7. The van der Waals surface area contributed by atoms with E-state index >= 15 is 0 Å². The fourth-order valence-corrected chi connectivity index (χ4v) is 6.32. The zero-order valence-electron chi connectivity index (χ0n) is 37.8. The van der Waals surface area contributed by atoms with Gasteiger partial charge in [0.2, 0.25) is 0 Å². The second kappa shape index (κ2) is 46.5. The highest BCUT2D eigenvalue weighted by Gasteiger charge is 2.19. The number of hydrogen-bond acceptors (Lipinski definition) is 6. The zero-order valence-corrected chi connectivity index (χ0v) is 37.8. The van der Waals surface area contributed by atoms with E-state index in [4.69, 9.17) is 14.2 Å². The Hall–Kier alpha value is -3.15. The van der Waals surface area contributed by atoms with Gasteiger partial charge in [0.25, 0.3) is 0 Å². The molecule has 0 aromatic rings. The van der Waals surface area contributed by atoms with Gasteiger partial charge in [0, 0.05) is 19.3 Å². The van der Waals surface area contributed by atoms with Crippen molar-refractivity contribution in [3.63, 3.8) is 0 Å². The van der Waals surface area contributed by atoms with Crippen molar-refractivity contribution in [3.8, 4) is 0 Å². The Bertz CT molecular complexity index is 1110. The average molecular weight is 809 g/mol. The van der Waals surface area contributed by atoms with Crippen molar-refractivity contribution >= 4 is 17.9 Å². The van der Waals surface area contributed by atoms with Crippen LogP contribution in [-0.4, -0.2) is 37.2 Å². The molecular weight excluding hydrogens is 721 g/mol. The molecule has 0 N–H and O–H groups in total. The molecule has 0 aromatic heterocycles. The van der Waals surface area contributed by atoms with E-state index in [2.05, 4.69) is 93.7 Å². The van der Waals surface area contributed by atoms with Gasteiger partial charge in [-0.3, -0.25) is 14.4 Å². The summed E-state index contributed by atoms with van der Waals surface area (Å²) in [6, 6.07) is 0. The summed E-state index contributed by atoms with van der Waals surface area (Å²) in [4.78, 5) is 37.8. The van der Waals surface area contributed by atoms with E-state index in [1.807, 2.05) is 0 Å². The summed E-state index contributed by atoms with van der Waals surface area (Å²) < 4.78 is 16.7. The van der Waals surface area contributed by atoms with Gasteiger partial charge < -0.3 is 14.2 Å². The SMILES string of the molecule is CC/C=C\C/C=C\C/C=C\CCCCC(=O)OCC(COC(=O)CCCCCCCC/C=C\C=C/CCCCC)OC(=O)CCCCC/C=C\CCCCCCCC. The van der Waals surface area contributed by atoms with Crippen LogP contribution in [0.3, 0.4) is 0 Å². The highest BCUT2D eigenvalue weighted by atomic mass is 16.6. The summed E-state index contributed by atoms with van der Waals surface area (Å²) in [5.74, 6) is -0.972. The lowest BCUT2D eigenvalue weighted by Crippen LogP contribution is -2.30. The van der Waals surface area contributed by atoms with Gasteiger partial charge in [-0.25, -0.2) is 0 Å². The molecule has 58 heavy (non-hydrogen) atoms. The van der Waals surface area contributed by atoms with Crippen LogP contribution in [0.1, 0.15) is 220 Å². The highest BCUT2D eigenvalue weighted by molar-refractivity contribution is 5.71. The van der Waals surface area contributed by atoms with E-state index in [1.54, 1.807) is 0 Å². The summed E-state index contributed by atoms with van der Waals surface area (Å²) in [6.45, 7) is 6.41. The Morgan fingerprint density at radius 2 is 0.724 bits per heavy atom. The first-order valence-corrected chi connectivity index (χ1v) is 24.0. The van der Waals surface area contributed by atoms with E-state index in [1.165, 1.54) is 83.5 Å². The van der Waals surface area contributed by atoms with Crippen LogP contribution in [0.25, 0.3) is 0 Å². The molecule has 0 bridgehead atoms. The van der Waals surface area contributed by atoms with Gasteiger partial charge in [-0.15, -0.1) is 0 Å². The number of rotatable bonds is 42. The molecular formula is C52H88O6. The minimum absolute atomic E-state index is 0.100. The number of unbranched alkanes of at least 4 members (excludes halogenated alkanes) is 20. The molecule has 0 saturated heterocycles. The molecule has 0 radical (unpaired) electrons. The van der Waals surface area contributed by atoms with E-state index in [-0.39, 0.29) is 31.1 Å². The molecule has 0 spiro atoms. The Kier molecular flexibility index (Phi) is 44.0. The third kappa shape index (κ3) is 44.0. The lowest BCUT2D eigenvalue weighted by Gasteiger charge is -2.18. The zero-order chi connectivity index (χ0) is 42.3. The summed E-state index contributed by atoms with van der Waals surface area (Å²) >= 11 is 0. The number of esters is 3. The first kappa shape index (κ1) is 54.9. The van der Waals surface area contributed by atoms with Gasteiger partial charge in [0.1, 0.15) is 13.2 Å².